The van der Waals surface area contributed by atoms with E-state index in [2.05, 4.69) is 10.6 Å². The Bertz CT molecular complexity index is 461. The zero-order valence-corrected chi connectivity index (χ0v) is 10.1. The van der Waals surface area contributed by atoms with Gasteiger partial charge in [0.05, 0.1) is 0 Å². The van der Waals surface area contributed by atoms with E-state index in [-0.39, 0.29) is 11.6 Å². The SMILES string of the molecule is CC(C)CNC(=O)C(=O)Nc1ccc(F)c(F)c1. The van der Waals surface area contributed by atoms with Crippen molar-refractivity contribution in [2.75, 3.05) is 11.9 Å². The minimum atomic E-state index is -1.09. The molecule has 2 N–H and O–H groups in total. The van der Waals surface area contributed by atoms with E-state index in [0.717, 1.165) is 12.1 Å². The lowest BCUT2D eigenvalue weighted by atomic mass is 10.2. The molecule has 0 saturated heterocycles. The summed E-state index contributed by atoms with van der Waals surface area (Å²) in [4.78, 5) is 22.7. The van der Waals surface area contributed by atoms with Gasteiger partial charge in [-0.1, -0.05) is 13.8 Å². The maximum Gasteiger partial charge on any atom is 0.313 e. The van der Waals surface area contributed by atoms with Gasteiger partial charge >= 0.3 is 11.8 Å². The average molecular weight is 256 g/mol. The molecule has 0 spiro atoms. The van der Waals surface area contributed by atoms with Gasteiger partial charge in [0.2, 0.25) is 0 Å². The normalized spacial score (nSPS) is 10.3. The second kappa shape index (κ2) is 6.09. The van der Waals surface area contributed by atoms with E-state index in [9.17, 15) is 18.4 Å². The predicted octanol–water partition coefficient (Wildman–Crippen LogP) is 1.68. The molecule has 0 heterocycles. The van der Waals surface area contributed by atoms with Gasteiger partial charge < -0.3 is 10.6 Å². The molecule has 1 aromatic carbocycles. The number of amides is 2. The van der Waals surface area contributed by atoms with Crippen molar-refractivity contribution in [1.82, 2.24) is 5.32 Å². The van der Waals surface area contributed by atoms with Crippen LogP contribution in [0.25, 0.3) is 0 Å². The van der Waals surface area contributed by atoms with Crippen molar-refractivity contribution in [3.05, 3.63) is 29.8 Å². The maximum absolute atomic E-state index is 12.9. The van der Waals surface area contributed by atoms with Gasteiger partial charge in [-0.2, -0.15) is 0 Å². The first-order chi connectivity index (χ1) is 8.40. The summed E-state index contributed by atoms with van der Waals surface area (Å²) in [6.45, 7) is 4.13. The minimum Gasteiger partial charge on any atom is -0.348 e. The minimum absolute atomic E-state index is 0.0265. The Kier molecular flexibility index (Phi) is 4.76. The number of carbonyl (C=O) groups is 2. The molecule has 0 aliphatic heterocycles. The van der Waals surface area contributed by atoms with Gasteiger partial charge in [-0.3, -0.25) is 9.59 Å². The molecule has 4 nitrogen and oxygen atoms in total. The van der Waals surface area contributed by atoms with Crippen molar-refractivity contribution >= 4 is 17.5 Å². The summed E-state index contributed by atoms with van der Waals surface area (Å²) in [5, 5.41) is 4.59. The molecule has 0 aliphatic carbocycles. The van der Waals surface area contributed by atoms with Crippen LogP contribution in [0.3, 0.4) is 0 Å². The highest BCUT2D eigenvalue weighted by Gasteiger charge is 2.14. The topological polar surface area (TPSA) is 58.2 Å². The smallest absolute Gasteiger partial charge is 0.313 e. The summed E-state index contributed by atoms with van der Waals surface area (Å²) in [5.41, 5.74) is 0.0265. The van der Waals surface area contributed by atoms with Crippen LogP contribution in [-0.4, -0.2) is 18.4 Å². The third kappa shape index (κ3) is 4.12. The van der Waals surface area contributed by atoms with Crippen molar-refractivity contribution < 1.29 is 18.4 Å². The fourth-order valence-electron chi connectivity index (χ4n) is 1.14. The van der Waals surface area contributed by atoms with Gasteiger partial charge in [0.25, 0.3) is 0 Å². The van der Waals surface area contributed by atoms with Gasteiger partial charge in [-0.05, 0) is 18.1 Å². The lowest BCUT2D eigenvalue weighted by molar-refractivity contribution is -0.136. The number of hydrogen-bond donors (Lipinski definition) is 2. The Morgan fingerprint density at radius 2 is 1.83 bits per heavy atom. The first-order valence-electron chi connectivity index (χ1n) is 5.44. The van der Waals surface area contributed by atoms with Crippen molar-refractivity contribution in [1.29, 1.82) is 0 Å². The molecule has 1 rings (SSSR count). The largest absolute Gasteiger partial charge is 0.348 e. The van der Waals surface area contributed by atoms with Crippen LogP contribution in [0.1, 0.15) is 13.8 Å². The number of hydrogen-bond acceptors (Lipinski definition) is 2. The van der Waals surface area contributed by atoms with Crippen LogP contribution >= 0.6 is 0 Å². The first kappa shape index (κ1) is 14.1. The molecule has 98 valence electrons. The molecule has 0 fully saturated rings. The van der Waals surface area contributed by atoms with E-state index < -0.39 is 23.4 Å². The fourth-order valence-corrected chi connectivity index (χ4v) is 1.14. The Labute approximate surface area is 103 Å². The third-order valence-electron chi connectivity index (χ3n) is 2.05. The maximum atomic E-state index is 12.9. The van der Waals surface area contributed by atoms with Gasteiger partial charge in [-0.15, -0.1) is 0 Å². The molecule has 1 aromatic rings. The molecule has 0 saturated carbocycles. The standard InChI is InChI=1S/C12H14F2N2O2/c1-7(2)6-15-11(17)12(18)16-8-3-4-9(13)10(14)5-8/h3-5,7H,6H2,1-2H3,(H,15,17)(H,16,18). The van der Waals surface area contributed by atoms with Gasteiger partial charge in [0.1, 0.15) is 0 Å². The number of rotatable bonds is 3. The highest BCUT2D eigenvalue weighted by Crippen LogP contribution is 2.12. The van der Waals surface area contributed by atoms with Crippen LogP contribution < -0.4 is 10.6 Å². The van der Waals surface area contributed by atoms with E-state index in [1.807, 2.05) is 13.8 Å². The molecule has 0 aliphatic rings. The fraction of sp³-hybridized carbons (Fsp3) is 0.333. The molecular formula is C12H14F2N2O2. The predicted molar refractivity (Wildman–Crippen MR) is 62.8 cm³/mol. The number of benzene rings is 1. The van der Waals surface area contributed by atoms with E-state index in [1.54, 1.807) is 0 Å². The highest BCUT2D eigenvalue weighted by atomic mass is 19.2. The van der Waals surface area contributed by atoms with Crippen molar-refractivity contribution in [2.24, 2.45) is 5.92 Å². The quantitative estimate of drug-likeness (QED) is 0.808. The molecule has 2 amide bonds. The molecule has 18 heavy (non-hydrogen) atoms. The Hall–Kier alpha value is -1.98. The van der Waals surface area contributed by atoms with E-state index >= 15 is 0 Å². The van der Waals surface area contributed by atoms with Crippen LogP contribution in [0.5, 0.6) is 0 Å². The third-order valence-corrected chi connectivity index (χ3v) is 2.05. The number of halogens is 2. The van der Waals surface area contributed by atoms with Crippen molar-refractivity contribution in [2.45, 2.75) is 13.8 Å². The number of anilines is 1. The molecule has 0 unspecified atom stereocenters. The summed E-state index contributed by atoms with van der Waals surface area (Å²) in [6.07, 6.45) is 0. The van der Waals surface area contributed by atoms with Crippen molar-refractivity contribution in [3.8, 4) is 0 Å². The van der Waals surface area contributed by atoms with Gasteiger partial charge in [-0.25, -0.2) is 8.78 Å². The van der Waals surface area contributed by atoms with Crippen LogP contribution in [0, 0.1) is 17.6 Å². The second-order valence-corrected chi connectivity index (χ2v) is 4.19. The zero-order valence-electron chi connectivity index (χ0n) is 10.1. The lowest BCUT2D eigenvalue weighted by Crippen LogP contribution is -2.37. The zero-order chi connectivity index (χ0) is 13.7. The summed E-state index contributed by atoms with van der Waals surface area (Å²) in [6, 6.07) is 2.85. The van der Waals surface area contributed by atoms with E-state index in [4.69, 9.17) is 0 Å². The summed E-state index contributed by atoms with van der Waals surface area (Å²) < 4.78 is 25.5. The number of carbonyl (C=O) groups excluding carboxylic acids is 2. The highest BCUT2D eigenvalue weighted by molar-refractivity contribution is 6.39. The molecule has 6 heteroatoms. The van der Waals surface area contributed by atoms with Gasteiger partial charge in [0.15, 0.2) is 11.6 Å². The average Bonchev–Trinajstić information content (AvgIpc) is 2.30. The van der Waals surface area contributed by atoms with E-state index in [0.29, 0.717) is 6.54 Å². The van der Waals surface area contributed by atoms with Crippen molar-refractivity contribution in [3.63, 3.8) is 0 Å². The van der Waals surface area contributed by atoms with Crippen LogP contribution in [0.4, 0.5) is 14.5 Å². The van der Waals surface area contributed by atoms with Crippen LogP contribution in [0.15, 0.2) is 18.2 Å². The summed E-state index contributed by atoms with van der Waals surface area (Å²) in [7, 11) is 0. The van der Waals surface area contributed by atoms with Crippen LogP contribution in [0.2, 0.25) is 0 Å². The molecule has 0 bridgehead atoms. The van der Waals surface area contributed by atoms with Crippen LogP contribution in [-0.2, 0) is 9.59 Å². The van der Waals surface area contributed by atoms with E-state index in [1.165, 1.54) is 6.07 Å². The monoisotopic (exact) mass is 256 g/mol. The summed E-state index contributed by atoms with van der Waals surface area (Å²) in [5.74, 6) is -3.62. The Morgan fingerprint density at radius 1 is 1.17 bits per heavy atom. The molecule has 0 atom stereocenters. The Balaban J connectivity index is 2.58. The molecular weight excluding hydrogens is 242 g/mol. The van der Waals surface area contributed by atoms with Gasteiger partial charge in [0, 0.05) is 18.3 Å². The lowest BCUT2D eigenvalue weighted by Gasteiger charge is -2.08. The summed E-state index contributed by atoms with van der Waals surface area (Å²) >= 11 is 0. The molecule has 0 radical (unpaired) electrons. The molecule has 0 aromatic heterocycles. The number of nitrogens with one attached hydrogen (secondary N) is 2. The Morgan fingerprint density at radius 3 is 2.39 bits per heavy atom. The first-order valence-corrected chi connectivity index (χ1v) is 5.44. The second-order valence-electron chi connectivity index (χ2n) is 4.19.